The Kier molecular flexibility index (Phi) is 5.24. The van der Waals surface area contributed by atoms with Gasteiger partial charge in [-0.2, -0.15) is 0 Å². The van der Waals surface area contributed by atoms with E-state index >= 15 is 0 Å². The Balaban J connectivity index is 1.72. The third-order valence-electron chi connectivity index (χ3n) is 5.90. The molecule has 0 N–H and O–H groups in total. The number of rotatable bonds is 3. The number of carbonyl (C=O) groups excluding carboxylic acids is 1. The van der Waals surface area contributed by atoms with Gasteiger partial charge < -0.3 is 0 Å². The summed E-state index contributed by atoms with van der Waals surface area (Å²) in [4.78, 5) is 31.8. The standard InChI is InChI=1S/C25H21ClN2O2S/c1-2-15-6-8-16(9-7-15)14-21-24(30)28-23(17-10-12-18(26)13-11-17)22-19(27-25(28)31-21)4-3-5-20(22)29/h6-14,23H,2-5H2,1H3. The Hall–Kier alpha value is -2.76. The molecule has 0 saturated heterocycles. The van der Waals surface area contributed by atoms with Crippen molar-refractivity contribution in [2.45, 2.75) is 38.6 Å². The second-order valence-electron chi connectivity index (χ2n) is 7.87. The van der Waals surface area contributed by atoms with Gasteiger partial charge in [0.05, 0.1) is 16.3 Å². The fourth-order valence-electron chi connectivity index (χ4n) is 4.27. The summed E-state index contributed by atoms with van der Waals surface area (Å²) < 4.78 is 2.30. The van der Waals surface area contributed by atoms with E-state index in [-0.39, 0.29) is 11.3 Å². The van der Waals surface area contributed by atoms with Gasteiger partial charge in [0, 0.05) is 17.0 Å². The molecule has 1 aliphatic heterocycles. The predicted molar refractivity (Wildman–Crippen MR) is 124 cm³/mol. The summed E-state index contributed by atoms with van der Waals surface area (Å²) in [7, 11) is 0. The molecule has 1 atom stereocenters. The molecule has 3 aromatic rings. The molecule has 2 heterocycles. The summed E-state index contributed by atoms with van der Waals surface area (Å²) in [5.41, 5.74) is 4.46. The number of hydrogen-bond acceptors (Lipinski definition) is 4. The van der Waals surface area contributed by atoms with E-state index in [2.05, 4.69) is 19.1 Å². The minimum atomic E-state index is -0.457. The van der Waals surface area contributed by atoms with Crippen molar-refractivity contribution in [3.63, 3.8) is 0 Å². The molecule has 5 rings (SSSR count). The van der Waals surface area contributed by atoms with Crippen molar-refractivity contribution in [3.8, 4) is 0 Å². The van der Waals surface area contributed by atoms with E-state index in [9.17, 15) is 9.59 Å². The van der Waals surface area contributed by atoms with Crippen LogP contribution < -0.4 is 14.9 Å². The molecule has 6 heteroatoms. The summed E-state index contributed by atoms with van der Waals surface area (Å²) in [5, 5.41) is 0.621. The lowest BCUT2D eigenvalue weighted by Gasteiger charge is -2.28. The van der Waals surface area contributed by atoms with E-state index in [4.69, 9.17) is 16.6 Å². The van der Waals surface area contributed by atoms with Gasteiger partial charge in [0.25, 0.3) is 5.56 Å². The van der Waals surface area contributed by atoms with E-state index in [1.807, 2.05) is 30.3 Å². The minimum Gasteiger partial charge on any atom is -0.294 e. The summed E-state index contributed by atoms with van der Waals surface area (Å²) >= 11 is 7.48. The maximum Gasteiger partial charge on any atom is 0.271 e. The van der Waals surface area contributed by atoms with Gasteiger partial charge in [-0.3, -0.25) is 14.2 Å². The molecule has 2 aliphatic rings. The number of benzene rings is 2. The number of Topliss-reactive ketones (excluding diaryl/α,β-unsaturated/α-hetero) is 1. The van der Waals surface area contributed by atoms with Crippen molar-refractivity contribution in [2.75, 3.05) is 0 Å². The number of aromatic nitrogens is 1. The number of aryl methyl sites for hydroxylation is 1. The fraction of sp³-hybridized carbons (Fsp3) is 0.240. The Morgan fingerprint density at radius 3 is 2.55 bits per heavy atom. The molecule has 0 fully saturated rings. The van der Waals surface area contributed by atoms with Crippen LogP contribution in [0.4, 0.5) is 0 Å². The Morgan fingerprint density at radius 2 is 1.84 bits per heavy atom. The van der Waals surface area contributed by atoms with Crippen molar-refractivity contribution in [3.05, 3.63) is 101 Å². The first-order chi connectivity index (χ1) is 15.0. The summed E-state index contributed by atoms with van der Waals surface area (Å²) in [5.74, 6) is 0.0781. The molecule has 0 spiro atoms. The van der Waals surface area contributed by atoms with Gasteiger partial charge in [-0.05, 0) is 54.2 Å². The molecule has 156 valence electrons. The molecule has 1 aromatic heterocycles. The van der Waals surface area contributed by atoms with Gasteiger partial charge in [-0.1, -0.05) is 66.3 Å². The highest BCUT2D eigenvalue weighted by Crippen LogP contribution is 2.36. The molecular weight excluding hydrogens is 428 g/mol. The number of allylic oxidation sites excluding steroid dienone is 2. The van der Waals surface area contributed by atoms with Crippen LogP contribution >= 0.6 is 22.9 Å². The highest BCUT2D eigenvalue weighted by atomic mass is 35.5. The maximum absolute atomic E-state index is 13.5. The molecule has 0 amide bonds. The molecule has 1 unspecified atom stereocenters. The third-order valence-corrected chi connectivity index (χ3v) is 7.13. The van der Waals surface area contributed by atoms with Crippen molar-refractivity contribution in [1.29, 1.82) is 0 Å². The number of hydrogen-bond donors (Lipinski definition) is 0. The average molecular weight is 449 g/mol. The Morgan fingerprint density at radius 1 is 1.10 bits per heavy atom. The highest BCUT2D eigenvalue weighted by molar-refractivity contribution is 7.07. The van der Waals surface area contributed by atoms with Crippen LogP contribution in [-0.4, -0.2) is 10.4 Å². The van der Waals surface area contributed by atoms with Crippen molar-refractivity contribution in [2.24, 2.45) is 4.99 Å². The normalized spacial score (nSPS) is 18.6. The molecule has 0 bridgehead atoms. The smallest absolute Gasteiger partial charge is 0.271 e. The maximum atomic E-state index is 13.5. The molecule has 0 saturated carbocycles. The molecule has 2 aromatic carbocycles. The van der Waals surface area contributed by atoms with Gasteiger partial charge in [0.15, 0.2) is 10.6 Å². The van der Waals surface area contributed by atoms with E-state index in [1.165, 1.54) is 16.9 Å². The highest BCUT2D eigenvalue weighted by Gasteiger charge is 2.34. The topological polar surface area (TPSA) is 51.4 Å². The number of carbonyl (C=O) groups is 1. The number of fused-ring (bicyclic) bond motifs is 1. The first kappa shape index (κ1) is 20.2. The van der Waals surface area contributed by atoms with Crippen LogP contribution in [0.2, 0.25) is 5.02 Å². The van der Waals surface area contributed by atoms with Crippen LogP contribution in [0.5, 0.6) is 0 Å². The molecule has 1 aliphatic carbocycles. The second-order valence-corrected chi connectivity index (χ2v) is 9.31. The lowest BCUT2D eigenvalue weighted by molar-refractivity contribution is -0.116. The largest absolute Gasteiger partial charge is 0.294 e. The Labute approximate surface area is 188 Å². The number of nitrogens with zero attached hydrogens (tertiary/aromatic N) is 2. The lowest BCUT2D eigenvalue weighted by atomic mass is 9.86. The number of thiazole rings is 1. The van der Waals surface area contributed by atoms with Crippen molar-refractivity contribution < 1.29 is 4.79 Å². The van der Waals surface area contributed by atoms with E-state index in [0.29, 0.717) is 26.4 Å². The zero-order valence-corrected chi connectivity index (χ0v) is 18.7. The van der Waals surface area contributed by atoms with Crippen LogP contribution in [0, 0.1) is 0 Å². The number of ketones is 1. The van der Waals surface area contributed by atoms with E-state index < -0.39 is 6.04 Å². The summed E-state index contributed by atoms with van der Waals surface area (Å²) in [6.45, 7) is 2.12. The molecule has 4 nitrogen and oxygen atoms in total. The zero-order valence-electron chi connectivity index (χ0n) is 17.1. The van der Waals surface area contributed by atoms with Crippen LogP contribution in [0.25, 0.3) is 6.08 Å². The van der Waals surface area contributed by atoms with Crippen molar-refractivity contribution in [1.82, 2.24) is 4.57 Å². The number of halogens is 1. The molecular formula is C25H21ClN2O2S. The Bertz CT molecular complexity index is 1380. The van der Waals surface area contributed by atoms with E-state index in [1.54, 1.807) is 16.7 Å². The van der Waals surface area contributed by atoms with Gasteiger partial charge in [0.1, 0.15) is 0 Å². The lowest BCUT2D eigenvalue weighted by Crippen LogP contribution is -2.40. The SMILES string of the molecule is CCc1ccc(C=c2sc3n(c2=O)C(c2ccc(Cl)cc2)C2=C(CCCC2=O)N=3)cc1. The zero-order chi connectivity index (χ0) is 21.5. The predicted octanol–water partition coefficient (Wildman–Crippen LogP) is 4.18. The first-order valence-electron chi connectivity index (χ1n) is 10.5. The van der Waals surface area contributed by atoms with Gasteiger partial charge in [-0.15, -0.1) is 0 Å². The van der Waals surface area contributed by atoms with E-state index in [0.717, 1.165) is 36.1 Å². The van der Waals surface area contributed by atoms with Crippen LogP contribution in [-0.2, 0) is 11.2 Å². The summed E-state index contributed by atoms with van der Waals surface area (Å²) in [6, 6.07) is 15.2. The molecule has 31 heavy (non-hydrogen) atoms. The summed E-state index contributed by atoms with van der Waals surface area (Å²) in [6.07, 6.45) is 4.94. The van der Waals surface area contributed by atoms with Gasteiger partial charge in [0.2, 0.25) is 0 Å². The minimum absolute atomic E-state index is 0.0781. The van der Waals surface area contributed by atoms with Crippen LogP contribution in [0.3, 0.4) is 0 Å². The van der Waals surface area contributed by atoms with Crippen LogP contribution in [0.15, 0.2) is 69.6 Å². The van der Waals surface area contributed by atoms with Crippen LogP contribution in [0.1, 0.15) is 48.9 Å². The fourth-order valence-corrected chi connectivity index (χ4v) is 5.42. The average Bonchev–Trinajstić information content (AvgIpc) is 3.08. The first-order valence-corrected chi connectivity index (χ1v) is 11.7. The van der Waals surface area contributed by atoms with Crippen molar-refractivity contribution >= 4 is 34.8 Å². The quantitative estimate of drug-likeness (QED) is 0.603. The second kappa shape index (κ2) is 8.06. The third kappa shape index (κ3) is 3.62. The monoisotopic (exact) mass is 448 g/mol. The molecule has 0 radical (unpaired) electrons. The van der Waals surface area contributed by atoms with Gasteiger partial charge >= 0.3 is 0 Å². The van der Waals surface area contributed by atoms with Gasteiger partial charge in [-0.25, -0.2) is 4.99 Å².